The van der Waals surface area contributed by atoms with E-state index in [1.807, 2.05) is 24.3 Å². The third kappa shape index (κ3) is 2.88. The number of furan rings is 1. The average molecular weight is 339 g/mol. The van der Waals surface area contributed by atoms with Crippen molar-refractivity contribution in [3.05, 3.63) is 54.3 Å². The third-order valence-corrected chi connectivity index (χ3v) is 4.36. The normalized spacial score (nSPS) is 17.0. The molecule has 1 saturated heterocycles. The fourth-order valence-electron chi connectivity index (χ4n) is 3.05. The number of ether oxygens (including phenoxy) is 1. The van der Waals surface area contributed by atoms with Crippen LogP contribution in [0.1, 0.15) is 35.1 Å². The number of rotatable bonds is 4. The average Bonchev–Trinajstić information content (AvgIpc) is 3.42. The van der Waals surface area contributed by atoms with Gasteiger partial charge < -0.3 is 18.6 Å². The van der Waals surface area contributed by atoms with E-state index in [1.54, 1.807) is 18.1 Å². The molecule has 7 heteroatoms. The van der Waals surface area contributed by atoms with Gasteiger partial charge in [0.15, 0.2) is 0 Å². The van der Waals surface area contributed by atoms with Crippen LogP contribution in [0.5, 0.6) is 5.75 Å². The van der Waals surface area contributed by atoms with E-state index in [1.165, 1.54) is 12.5 Å². The molecule has 25 heavy (non-hydrogen) atoms. The van der Waals surface area contributed by atoms with Gasteiger partial charge in [-0.15, -0.1) is 0 Å². The molecule has 3 aromatic rings. The summed E-state index contributed by atoms with van der Waals surface area (Å²) < 4.78 is 15.6. The van der Waals surface area contributed by atoms with E-state index in [4.69, 9.17) is 13.7 Å². The van der Waals surface area contributed by atoms with Gasteiger partial charge in [0.2, 0.25) is 11.7 Å². The minimum absolute atomic E-state index is 0.0829. The Morgan fingerprint density at radius 2 is 2.12 bits per heavy atom. The highest BCUT2D eigenvalue weighted by Gasteiger charge is 2.34. The zero-order valence-electron chi connectivity index (χ0n) is 13.7. The maximum atomic E-state index is 12.6. The van der Waals surface area contributed by atoms with Crippen molar-refractivity contribution in [2.24, 2.45) is 0 Å². The molecule has 2 aromatic heterocycles. The Kier molecular flexibility index (Phi) is 3.97. The zero-order chi connectivity index (χ0) is 17.2. The van der Waals surface area contributed by atoms with Crippen molar-refractivity contribution in [3.8, 4) is 17.1 Å². The van der Waals surface area contributed by atoms with Crippen LogP contribution in [0.3, 0.4) is 0 Å². The van der Waals surface area contributed by atoms with Crippen molar-refractivity contribution < 1.29 is 18.5 Å². The van der Waals surface area contributed by atoms with Gasteiger partial charge in [0.1, 0.15) is 18.1 Å². The summed E-state index contributed by atoms with van der Waals surface area (Å²) >= 11 is 0. The second-order valence-electron chi connectivity index (χ2n) is 5.85. The summed E-state index contributed by atoms with van der Waals surface area (Å²) in [7, 11) is 1.62. The van der Waals surface area contributed by atoms with Crippen LogP contribution in [0.2, 0.25) is 0 Å². The fraction of sp³-hybridized carbons (Fsp3) is 0.278. The van der Waals surface area contributed by atoms with E-state index in [0.29, 0.717) is 23.8 Å². The topological polar surface area (TPSA) is 81.6 Å². The van der Waals surface area contributed by atoms with Crippen LogP contribution in [0, 0.1) is 0 Å². The molecular formula is C18H17N3O4. The summed E-state index contributed by atoms with van der Waals surface area (Å²) in [5.41, 5.74) is 1.36. The number of hydrogen-bond donors (Lipinski definition) is 0. The predicted molar refractivity (Wildman–Crippen MR) is 88.0 cm³/mol. The first kappa shape index (κ1) is 15.4. The Bertz CT molecular complexity index is 855. The number of amides is 1. The fourth-order valence-corrected chi connectivity index (χ4v) is 3.05. The standard InChI is InChI=1S/C18H17N3O4/c1-23-14-6-4-12(5-7-14)16-19-17(25-20-16)15-3-2-9-21(15)18(22)13-8-10-24-11-13/h4-8,10-11,15H,2-3,9H2,1H3. The summed E-state index contributed by atoms with van der Waals surface area (Å²) in [6.45, 7) is 0.662. The zero-order valence-corrected chi connectivity index (χ0v) is 13.7. The molecule has 3 heterocycles. The highest BCUT2D eigenvalue weighted by molar-refractivity contribution is 5.94. The van der Waals surface area contributed by atoms with Crippen molar-refractivity contribution in [1.82, 2.24) is 15.0 Å². The van der Waals surface area contributed by atoms with Gasteiger partial charge in [0, 0.05) is 12.1 Å². The van der Waals surface area contributed by atoms with Crippen LogP contribution >= 0.6 is 0 Å². The van der Waals surface area contributed by atoms with Crippen molar-refractivity contribution in [2.45, 2.75) is 18.9 Å². The lowest BCUT2D eigenvalue weighted by atomic mass is 10.2. The first-order chi connectivity index (χ1) is 12.3. The first-order valence-electron chi connectivity index (χ1n) is 8.07. The van der Waals surface area contributed by atoms with Gasteiger partial charge in [0.25, 0.3) is 5.91 Å². The Balaban J connectivity index is 1.57. The van der Waals surface area contributed by atoms with Crippen molar-refractivity contribution in [2.75, 3.05) is 13.7 Å². The Morgan fingerprint density at radius 3 is 2.84 bits per heavy atom. The minimum Gasteiger partial charge on any atom is -0.497 e. The van der Waals surface area contributed by atoms with Crippen LogP contribution in [0.25, 0.3) is 11.4 Å². The van der Waals surface area contributed by atoms with Crippen LogP contribution in [0.15, 0.2) is 51.8 Å². The Labute approximate surface area is 144 Å². The molecule has 1 atom stereocenters. The number of nitrogens with zero attached hydrogens (tertiary/aromatic N) is 3. The number of aromatic nitrogens is 2. The number of carbonyl (C=O) groups is 1. The molecule has 4 rings (SSSR count). The minimum atomic E-state index is -0.207. The Hall–Kier alpha value is -3.09. The third-order valence-electron chi connectivity index (χ3n) is 4.36. The number of hydrogen-bond acceptors (Lipinski definition) is 6. The van der Waals surface area contributed by atoms with E-state index in [-0.39, 0.29) is 11.9 Å². The summed E-state index contributed by atoms with van der Waals surface area (Å²) in [6.07, 6.45) is 4.64. The van der Waals surface area contributed by atoms with Crippen LogP contribution in [-0.4, -0.2) is 34.6 Å². The second kappa shape index (κ2) is 6.43. The first-order valence-corrected chi connectivity index (χ1v) is 8.07. The monoisotopic (exact) mass is 339 g/mol. The van der Waals surface area contributed by atoms with Crippen LogP contribution in [0.4, 0.5) is 0 Å². The molecule has 0 N–H and O–H groups in total. The Morgan fingerprint density at radius 1 is 1.28 bits per heavy atom. The molecule has 1 amide bonds. The highest BCUT2D eigenvalue weighted by Crippen LogP contribution is 2.33. The van der Waals surface area contributed by atoms with Gasteiger partial charge in [0.05, 0.1) is 18.9 Å². The van der Waals surface area contributed by atoms with E-state index in [2.05, 4.69) is 10.1 Å². The highest BCUT2D eigenvalue weighted by atomic mass is 16.5. The largest absolute Gasteiger partial charge is 0.497 e. The van der Waals surface area contributed by atoms with Crippen molar-refractivity contribution in [3.63, 3.8) is 0 Å². The van der Waals surface area contributed by atoms with E-state index < -0.39 is 0 Å². The van der Waals surface area contributed by atoms with Gasteiger partial charge in [-0.05, 0) is 43.2 Å². The number of carbonyl (C=O) groups excluding carboxylic acids is 1. The lowest BCUT2D eigenvalue weighted by molar-refractivity contribution is 0.0709. The van der Waals surface area contributed by atoms with Gasteiger partial charge in [-0.1, -0.05) is 5.16 Å². The maximum Gasteiger partial charge on any atom is 0.257 e. The molecule has 1 unspecified atom stereocenters. The molecule has 1 aliphatic heterocycles. The summed E-state index contributed by atoms with van der Waals surface area (Å²) in [6, 6.07) is 8.88. The molecule has 1 aromatic carbocycles. The van der Waals surface area contributed by atoms with Crippen molar-refractivity contribution in [1.29, 1.82) is 0 Å². The lowest BCUT2D eigenvalue weighted by Gasteiger charge is -2.20. The molecule has 0 spiro atoms. The van der Waals surface area contributed by atoms with Gasteiger partial charge >= 0.3 is 0 Å². The van der Waals surface area contributed by atoms with Gasteiger partial charge in [-0.3, -0.25) is 4.79 Å². The van der Waals surface area contributed by atoms with E-state index >= 15 is 0 Å². The molecule has 1 aliphatic rings. The van der Waals surface area contributed by atoms with Crippen molar-refractivity contribution >= 4 is 5.91 Å². The maximum absolute atomic E-state index is 12.6. The molecule has 1 fully saturated rings. The quantitative estimate of drug-likeness (QED) is 0.725. The molecule has 0 aliphatic carbocycles. The molecule has 128 valence electrons. The second-order valence-corrected chi connectivity index (χ2v) is 5.85. The predicted octanol–water partition coefficient (Wildman–Crippen LogP) is 3.32. The number of benzene rings is 1. The number of methoxy groups -OCH3 is 1. The summed E-state index contributed by atoms with van der Waals surface area (Å²) in [4.78, 5) is 18.9. The summed E-state index contributed by atoms with van der Waals surface area (Å²) in [5, 5.41) is 4.06. The van der Waals surface area contributed by atoms with Gasteiger partial charge in [-0.2, -0.15) is 4.98 Å². The van der Waals surface area contributed by atoms with Crippen LogP contribution in [-0.2, 0) is 0 Å². The van der Waals surface area contributed by atoms with Crippen LogP contribution < -0.4 is 4.74 Å². The molecule has 0 bridgehead atoms. The van der Waals surface area contributed by atoms with Gasteiger partial charge in [-0.25, -0.2) is 0 Å². The SMILES string of the molecule is COc1ccc(-c2noc(C3CCCN3C(=O)c3ccoc3)n2)cc1. The van der Waals surface area contributed by atoms with E-state index in [9.17, 15) is 4.79 Å². The number of likely N-dealkylation sites (tertiary alicyclic amines) is 1. The molecule has 0 radical (unpaired) electrons. The summed E-state index contributed by atoms with van der Waals surface area (Å²) in [5.74, 6) is 1.64. The lowest BCUT2D eigenvalue weighted by Crippen LogP contribution is -2.30. The smallest absolute Gasteiger partial charge is 0.257 e. The molecule has 7 nitrogen and oxygen atoms in total. The molecular weight excluding hydrogens is 322 g/mol. The van der Waals surface area contributed by atoms with E-state index in [0.717, 1.165) is 24.2 Å². The molecule has 0 saturated carbocycles.